The molecule has 2 aliphatic rings. The van der Waals surface area contributed by atoms with E-state index in [0.29, 0.717) is 31.9 Å². The normalized spacial score (nSPS) is 23.3. The molecule has 2 fully saturated rings. The molecule has 2 saturated heterocycles. The van der Waals surface area contributed by atoms with E-state index in [2.05, 4.69) is 5.32 Å². The van der Waals surface area contributed by atoms with Gasteiger partial charge in [-0.15, -0.1) is 0 Å². The van der Waals surface area contributed by atoms with Crippen molar-refractivity contribution in [3.05, 3.63) is 54.2 Å². The molecule has 3 heterocycles. The molecule has 27 heavy (non-hydrogen) atoms. The first-order valence-corrected chi connectivity index (χ1v) is 9.40. The van der Waals surface area contributed by atoms with Crippen LogP contribution in [0.15, 0.2) is 47.1 Å². The van der Waals surface area contributed by atoms with Crippen molar-refractivity contribution in [3.8, 4) is 0 Å². The summed E-state index contributed by atoms with van der Waals surface area (Å²) >= 11 is 0. The number of ether oxygens (including phenoxy) is 1. The van der Waals surface area contributed by atoms with Gasteiger partial charge in [-0.2, -0.15) is 0 Å². The van der Waals surface area contributed by atoms with Crippen LogP contribution in [0.1, 0.15) is 24.7 Å². The maximum atomic E-state index is 14.1. The summed E-state index contributed by atoms with van der Waals surface area (Å²) in [4.78, 5) is 16.5. The minimum atomic E-state index is -0.235. The fourth-order valence-corrected chi connectivity index (χ4v) is 3.77. The number of anilines is 1. The van der Waals surface area contributed by atoms with Crippen LogP contribution in [0.5, 0.6) is 0 Å². The third kappa shape index (κ3) is 4.08. The van der Waals surface area contributed by atoms with Gasteiger partial charge in [-0.05, 0) is 37.1 Å². The van der Waals surface area contributed by atoms with Gasteiger partial charge in [0, 0.05) is 25.7 Å². The van der Waals surface area contributed by atoms with Crippen LogP contribution in [0, 0.1) is 5.82 Å². The molecule has 0 radical (unpaired) electrons. The molecule has 4 rings (SSSR count). The van der Waals surface area contributed by atoms with Gasteiger partial charge >= 0.3 is 6.03 Å². The second-order valence-corrected chi connectivity index (χ2v) is 7.01. The molecule has 2 aliphatic heterocycles. The van der Waals surface area contributed by atoms with Crippen molar-refractivity contribution < 1.29 is 18.3 Å². The Bertz CT molecular complexity index is 768. The van der Waals surface area contributed by atoms with E-state index in [1.54, 1.807) is 23.3 Å². The smallest absolute Gasteiger partial charge is 0.317 e. The number of benzene rings is 1. The Morgan fingerprint density at radius 1 is 1.15 bits per heavy atom. The Morgan fingerprint density at radius 3 is 2.85 bits per heavy atom. The molecule has 2 atom stereocenters. The van der Waals surface area contributed by atoms with Crippen LogP contribution in [-0.4, -0.2) is 49.8 Å². The number of piperidine rings is 1. The first-order valence-electron chi connectivity index (χ1n) is 9.40. The van der Waals surface area contributed by atoms with Gasteiger partial charge in [0.1, 0.15) is 17.7 Å². The van der Waals surface area contributed by atoms with Crippen molar-refractivity contribution >= 4 is 11.7 Å². The SMILES string of the molecule is O=C(NC1CCCN(c2ccccc2F)C1)N1CCOC(c2ccco2)C1. The Labute approximate surface area is 157 Å². The summed E-state index contributed by atoms with van der Waals surface area (Å²) in [6.45, 7) is 2.89. The van der Waals surface area contributed by atoms with Crippen molar-refractivity contribution in [2.45, 2.75) is 25.0 Å². The van der Waals surface area contributed by atoms with E-state index in [9.17, 15) is 9.18 Å². The highest BCUT2D eigenvalue weighted by atomic mass is 19.1. The van der Waals surface area contributed by atoms with E-state index in [-0.39, 0.29) is 24.0 Å². The van der Waals surface area contributed by atoms with Crippen LogP contribution in [0.25, 0.3) is 0 Å². The zero-order valence-electron chi connectivity index (χ0n) is 15.1. The molecule has 144 valence electrons. The monoisotopic (exact) mass is 373 g/mol. The highest BCUT2D eigenvalue weighted by Crippen LogP contribution is 2.24. The highest BCUT2D eigenvalue weighted by Gasteiger charge is 2.29. The number of morpholine rings is 1. The number of hydrogen-bond acceptors (Lipinski definition) is 4. The lowest BCUT2D eigenvalue weighted by Gasteiger charge is -2.37. The standard InChI is InChI=1S/C20H24FN3O3/c21-16-6-1-2-7-17(16)23-9-3-5-15(13-23)22-20(25)24-10-12-27-19(14-24)18-8-4-11-26-18/h1-2,4,6-8,11,15,19H,3,5,9-10,12-14H2,(H,22,25). The van der Waals surface area contributed by atoms with Crippen LogP contribution >= 0.6 is 0 Å². The number of furan rings is 1. The number of nitrogens with zero attached hydrogens (tertiary/aromatic N) is 2. The lowest BCUT2D eigenvalue weighted by atomic mass is 10.0. The third-order valence-corrected chi connectivity index (χ3v) is 5.16. The maximum Gasteiger partial charge on any atom is 0.317 e. The lowest BCUT2D eigenvalue weighted by molar-refractivity contribution is -0.0263. The van der Waals surface area contributed by atoms with Crippen molar-refractivity contribution in [3.63, 3.8) is 0 Å². The molecule has 0 aliphatic carbocycles. The number of carbonyl (C=O) groups excluding carboxylic acids is 1. The van der Waals surface area contributed by atoms with Crippen LogP contribution < -0.4 is 10.2 Å². The molecular formula is C20H24FN3O3. The average molecular weight is 373 g/mol. The quantitative estimate of drug-likeness (QED) is 0.898. The number of carbonyl (C=O) groups is 1. The van der Waals surface area contributed by atoms with Gasteiger partial charge in [0.25, 0.3) is 0 Å². The molecule has 0 spiro atoms. The molecule has 6 nitrogen and oxygen atoms in total. The van der Waals surface area contributed by atoms with Crippen molar-refractivity contribution in [1.29, 1.82) is 0 Å². The van der Waals surface area contributed by atoms with Gasteiger partial charge in [0.15, 0.2) is 0 Å². The number of urea groups is 1. The van der Waals surface area contributed by atoms with Crippen LogP contribution in [0.4, 0.5) is 14.9 Å². The maximum absolute atomic E-state index is 14.1. The van der Waals surface area contributed by atoms with Crippen LogP contribution in [0.2, 0.25) is 0 Å². The van der Waals surface area contributed by atoms with Gasteiger partial charge in [0.2, 0.25) is 0 Å². The fourth-order valence-electron chi connectivity index (χ4n) is 3.77. The van der Waals surface area contributed by atoms with Crippen molar-refractivity contribution in [2.24, 2.45) is 0 Å². The lowest BCUT2D eigenvalue weighted by Crippen LogP contribution is -2.54. The van der Waals surface area contributed by atoms with Gasteiger partial charge in [-0.1, -0.05) is 12.1 Å². The van der Waals surface area contributed by atoms with Gasteiger partial charge < -0.3 is 24.3 Å². The van der Waals surface area contributed by atoms with E-state index >= 15 is 0 Å². The van der Waals surface area contributed by atoms with Gasteiger partial charge in [-0.25, -0.2) is 9.18 Å². The second kappa shape index (κ2) is 8.00. The summed E-state index contributed by atoms with van der Waals surface area (Å²) in [7, 11) is 0. The average Bonchev–Trinajstić information content (AvgIpc) is 3.23. The number of hydrogen-bond donors (Lipinski definition) is 1. The van der Waals surface area contributed by atoms with Crippen LogP contribution in [-0.2, 0) is 4.74 Å². The van der Waals surface area contributed by atoms with E-state index in [1.165, 1.54) is 6.07 Å². The molecular weight excluding hydrogens is 349 g/mol. The largest absolute Gasteiger partial charge is 0.467 e. The Kier molecular flexibility index (Phi) is 5.29. The molecule has 1 N–H and O–H groups in total. The summed E-state index contributed by atoms with van der Waals surface area (Å²) < 4.78 is 25.2. The number of para-hydroxylation sites is 1. The zero-order valence-corrected chi connectivity index (χ0v) is 15.1. The molecule has 1 aromatic heterocycles. The third-order valence-electron chi connectivity index (χ3n) is 5.16. The summed E-state index contributed by atoms with van der Waals surface area (Å²) in [5.41, 5.74) is 0.598. The number of amides is 2. The highest BCUT2D eigenvalue weighted by molar-refractivity contribution is 5.74. The van der Waals surface area contributed by atoms with E-state index in [4.69, 9.17) is 9.15 Å². The Hall–Kier alpha value is -2.54. The molecule has 2 unspecified atom stereocenters. The molecule has 2 aromatic rings. The summed E-state index contributed by atoms with van der Waals surface area (Å²) in [6.07, 6.45) is 3.18. The van der Waals surface area contributed by atoms with Gasteiger partial charge in [0.05, 0.1) is 25.1 Å². The Morgan fingerprint density at radius 2 is 2.04 bits per heavy atom. The number of rotatable bonds is 3. The topological polar surface area (TPSA) is 58.0 Å². The van der Waals surface area contributed by atoms with Gasteiger partial charge in [-0.3, -0.25) is 0 Å². The second-order valence-electron chi connectivity index (χ2n) is 7.01. The van der Waals surface area contributed by atoms with E-state index in [1.807, 2.05) is 23.1 Å². The fraction of sp³-hybridized carbons (Fsp3) is 0.450. The number of nitrogens with one attached hydrogen (secondary N) is 1. The molecule has 0 saturated carbocycles. The summed E-state index contributed by atoms with van der Waals surface area (Å²) in [6, 6.07) is 10.4. The molecule has 1 aromatic carbocycles. The minimum absolute atomic E-state index is 0.00392. The number of halogens is 1. The van der Waals surface area contributed by atoms with Crippen molar-refractivity contribution in [1.82, 2.24) is 10.2 Å². The van der Waals surface area contributed by atoms with E-state index in [0.717, 1.165) is 25.1 Å². The minimum Gasteiger partial charge on any atom is -0.467 e. The zero-order chi connectivity index (χ0) is 18.6. The first kappa shape index (κ1) is 17.9. The summed E-state index contributed by atoms with van der Waals surface area (Å²) in [5, 5.41) is 3.11. The molecule has 2 amide bonds. The van der Waals surface area contributed by atoms with E-state index < -0.39 is 0 Å². The first-order chi connectivity index (χ1) is 13.2. The predicted molar refractivity (Wildman–Crippen MR) is 99.1 cm³/mol. The van der Waals surface area contributed by atoms with Crippen LogP contribution in [0.3, 0.4) is 0 Å². The summed E-state index contributed by atoms with van der Waals surface area (Å²) in [5.74, 6) is 0.509. The molecule has 0 bridgehead atoms. The molecule has 7 heteroatoms. The Balaban J connectivity index is 1.35. The van der Waals surface area contributed by atoms with Crippen molar-refractivity contribution in [2.75, 3.05) is 37.7 Å². The predicted octanol–water partition coefficient (Wildman–Crippen LogP) is 3.17.